The van der Waals surface area contributed by atoms with Crippen molar-refractivity contribution in [3.05, 3.63) is 114 Å². The number of rotatable bonds is 0. The first-order valence-electron chi connectivity index (χ1n) is 8.83. The predicted molar refractivity (Wildman–Crippen MR) is 134 cm³/mol. The van der Waals surface area contributed by atoms with Crippen molar-refractivity contribution in [1.29, 1.82) is 0 Å². The molecule has 0 aliphatic carbocycles. The molecule has 29 heavy (non-hydrogen) atoms. The summed E-state index contributed by atoms with van der Waals surface area (Å²) < 4.78 is 1.18. The third-order valence-electron chi connectivity index (χ3n) is 3.97. The molecule has 0 nitrogen and oxygen atoms in total. The molecule has 146 valence electrons. The molecule has 0 saturated carbocycles. The Kier molecular flexibility index (Phi) is 12.1. The average Bonchev–Trinajstić information content (AvgIpc) is 3.40. The zero-order chi connectivity index (χ0) is 20.9. The van der Waals surface area contributed by atoms with E-state index in [2.05, 4.69) is 98.0 Å². The van der Waals surface area contributed by atoms with Crippen LogP contribution in [0.3, 0.4) is 0 Å². The molecule has 0 aromatic heterocycles. The molecule has 0 bridgehead atoms. The topological polar surface area (TPSA) is 0 Å². The van der Waals surface area contributed by atoms with Gasteiger partial charge < -0.3 is 0 Å². The Balaban J connectivity index is 0.000000147. The number of halogens is 3. The Labute approximate surface area is 202 Å². The molecule has 0 saturated heterocycles. The van der Waals surface area contributed by atoms with Gasteiger partial charge in [0.25, 0.3) is 0 Å². The molecule has 5 aromatic carbocycles. The molecule has 0 N–H and O–H groups in total. The van der Waals surface area contributed by atoms with Gasteiger partial charge in [-0.2, -0.15) is 29.7 Å². The van der Waals surface area contributed by atoms with Crippen molar-refractivity contribution in [3.8, 4) is 0 Å². The van der Waals surface area contributed by atoms with Crippen LogP contribution in [-0.4, -0.2) is 0 Å². The van der Waals surface area contributed by atoms with Crippen LogP contribution in [0.2, 0.25) is 0 Å². The van der Waals surface area contributed by atoms with E-state index in [1.807, 2.05) is 36.4 Å². The van der Waals surface area contributed by atoms with E-state index >= 15 is 0 Å². The van der Waals surface area contributed by atoms with Crippen LogP contribution < -0.4 is 5.30 Å². The molecule has 0 fully saturated rings. The van der Waals surface area contributed by atoms with Gasteiger partial charge in [0.15, 0.2) is 0 Å². The Hall–Kier alpha value is -0.747. The van der Waals surface area contributed by atoms with E-state index in [1.165, 1.54) is 31.3 Å². The molecule has 1 atom stereocenters. The third-order valence-corrected chi connectivity index (χ3v) is 5.05. The van der Waals surface area contributed by atoms with Crippen molar-refractivity contribution in [1.82, 2.24) is 0 Å². The van der Waals surface area contributed by atoms with Gasteiger partial charge >= 0.3 is 37.9 Å². The normalized spacial score (nSPS) is 9.24. The van der Waals surface area contributed by atoms with Crippen LogP contribution in [0.25, 0.3) is 21.5 Å². The summed E-state index contributed by atoms with van der Waals surface area (Å²) >= 11 is 2.65. The van der Waals surface area contributed by atoms with E-state index < -0.39 is 20.8 Å². The standard InChI is InChI=1S/C9H6Br.C9H7.C6H7P.2ClH.Zr/c10-9-6-2-4-7-3-1-5-8(7)9;1-2-5-9-7-3-6-8(9)4-1;7-6-4-2-1-3-5-6;;;/h1-6H;1-7H;1-5H,7H2;2*1H;/q2*-1;;;;+4/p-2. The van der Waals surface area contributed by atoms with Crippen molar-refractivity contribution in [2.45, 2.75) is 0 Å². The number of benzene rings is 3. The third kappa shape index (κ3) is 8.87. The van der Waals surface area contributed by atoms with Crippen LogP contribution in [-0.2, 0) is 20.8 Å². The second-order valence-electron chi connectivity index (χ2n) is 5.91. The van der Waals surface area contributed by atoms with Gasteiger partial charge in [-0.15, -0.1) is 77.7 Å². The molecule has 5 aromatic rings. The van der Waals surface area contributed by atoms with Crippen LogP contribution in [0.5, 0.6) is 0 Å². The van der Waals surface area contributed by atoms with E-state index in [0.717, 1.165) is 0 Å². The van der Waals surface area contributed by atoms with Crippen LogP contribution >= 0.6 is 42.2 Å². The van der Waals surface area contributed by atoms with Gasteiger partial charge in [-0.1, -0.05) is 53.0 Å². The first kappa shape index (κ1) is 24.5. The molecule has 0 radical (unpaired) electrons. The van der Waals surface area contributed by atoms with Gasteiger partial charge in [0.05, 0.1) is 0 Å². The molecule has 0 aliphatic rings. The van der Waals surface area contributed by atoms with Gasteiger partial charge in [0.2, 0.25) is 0 Å². The second kappa shape index (κ2) is 14.3. The van der Waals surface area contributed by atoms with E-state index in [1.54, 1.807) is 0 Å². The Morgan fingerprint density at radius 1 is 0.690 bits per heavy atom. The van der Waals surface area contributed by atoms with Crippen molar-refractivity contribution in [3.63, 3.8) is 0 Å². The number of fused-ring (bicyclic) bond motifs is 2. The minimum Gasteiger partial charge on any atom is -0.168 e. The van der Waals surface area contributed by atoms with E-state index in [9.17, 15) is 0 Å². The van der Waals surface area contributed by atoms with Gasteiger partial charge in [-0.25, -0.2) is 0 Å². The molecule has 0 spiro atoms. The summed E-state index contributed by atoms with van der Waals surface area (Å²) in [5.41, 5.74) is 0. The summed E-state index contributed by atoms with van der Waals surface area (Å²) in [4.78, 5) is 0. The van der Waals surface area contributed by atoms with Crippen molar-refractivity contribution < 1.29 is 20.8 Å². The minimum absolute atomic E-state index is 0.826. The minimum atomic E-state index is -0.826. The number of hydrogen-bond acceptors (Lipinski definition) is 0. The van der Waals surface area contributed by atoms with Crippen molar-refractivity contribution >= 4 is 69.0 Å². The summed E-state index contributed by atoms with van der Waals surface area (Å²) in [5, 5.41) is 6.49. The van der Waals surface area contributed by atoms with E-state index in [-0.39, 0.29) is 0 Å². The molecule has 0 heterocycles. The summed E-state index contributed by atoms with van der Waals surface area (Å²) in [7, 11) is 12.5. The zero-order valence-electron chi connectivity index (χ0n) is 15.6. The SMILES string of the molecule is Brc1cccc2cc[cH-]c12.Pc1ccccc1.[Cl][Zr+2][Cl].c1ccc2[cH-]ccc2c1. The molecule has 0 aliphatic heterocycles. The monoisotopic (exact) mass is 578 g/mol. The molecular formula is C24H20BrCl2PZr. The fourth-order valence-electron chi connectivity index (χ4n) is 2.65. The second-order valence-corrected chi connectivity index (χ2v) is 11.2. The van der Waals surface area contributed by atoms with Gasteiger partial charge in [0, 0.05) is 0 Å². The van der Waals surface area contributed by atoms with Crippen LogP contribution in [0, 0.1) is 0 Å². The molecule has 5 heteroatoms. The van der Waals surface area contributed by atoms with E-state index in [4.69, 9.17) is 17.0 Å². The van der Waals surface area contributed by atoms with Gasteiger partial charge in [0.1, 0.15) is 0 Å². The largest absolute Gasteiger partial charge is 0.168 e. The Morgan fingerprint density at radius 3 is 1.90 bits per heavy atom. The first-order valence-corrected chi connectivity index (χ1v) is 16.5. The average molecular weight is 581 g/mol. The molecular weight excluding hydrogens is 561 g/mol. The fraction of sp³-hybridized carbons (Fsp3) is 0. The summed E-state index contributed by atoms with van der Waals surface area (Å²) in [5.74, 6) is 0. The van der Waals surface area contributed by atoms with E-state index in [0.29, 0.717) is 0 Å². The van der Waals surface area contributed by atoms with Crippen molar-refractivity contribution in [2.24, 2.45) is 0 Å². The van der Waals surface area contributed by atoms with Crippen LogP contribution in [0.15, 0.2) is 114 Å². The smallest absolute Gasteiger partial charge is 0.0809 e. The summed E-state index contributed by atoms with van der Waals surface area (Å²) in [6.45, 7) is 0. The van der Waals surface area contributed by atoms with Crippen LogP contribution in [0.4, 0.5) is 0 Å². The van der Waals surface area contributed by atoms with Gasteiger partial charge in [-0.3, -0.25) is 0 Å². The first-order chi connectivity index (χ1) is 14.2. The number of hydrogen-bond donors (Lipinski definition) is 0. The summed E-state index contributed by atoms with van der Waals surface area (Å²) in [6, 6.07) is 37.3. The van der Waals surface area contributed by atoms with Crippen LogP contribution in [0.1, 0.15) is 0 Å². The van der Waals surface area contributed by atoms with Gasteiger partial charge in [-0.05, 0) is 5.30 Å². The fourth-order valence-corrected chi connectivity index (χ4v) is 3.38. The van der Waals surface area contributed by atoms with Crippen molar-refractivity contribution in [2.75, 3.05) is 0 Å². The zero-order valence-corrected chi connectivity index (χ0v) is 22.3. The maximum Gasteiger partial charge on any atom is -0.0809 e. The maximum absolute atomic E-state index is 4.93. The Morgan fingerprint density at radius 2 is 1.28 bits per heavy atom. The molecule has 5 rings (SSSR count). The molecule has 1 unspecified atom stereocenters. The predicted octanol–water partition coefficient (Wildman–Crippen LogP) is 8.44. The molecule has 0 amide bonds. The Bertz CT molecular complexity index is 1060. The maximum atomic E-state index is 4.93. The quantitative estimate of drug-likeness (QED) is 0.127. The summed E-state index contributed by atoms with van der Waals surface area (Å²) in [6.07, 6.45) is 0.